The third kappa shape index (κ3) is 2.88. The maximum atomic E-state index is 12.1. The van der Waals surface area contributed by atoms with E-state index in [2.05, 4.69) is 5.32 Å². The first-order valence-electron chi connectivity index (χ1n) is 5.85. The minimum atomic E-state index is -0.336. The fraction of sp³-hybridized carbons (Fsp3) is 0.133. The maximum Gasteiger partial charge on any atom is 0.259 e. The van der Waals surface area contributed by atoms with Crippen molar-refractivity contribution in [3.63, 3.8) is 0 Å². The van der Waals surface area contributed by atoms with Crippen LogP contribution >= 0.6 is 11.6 Å². The lowest BCUT2D eigenvalue weighted by Gasteiger charge is -2.10. The van der Waals surface area contributed by atoms with Gasteiger partial charge in [0.2, 0.25) is 0 Å². The average molecular weight is 276 g/mol. The van der Waals surface area contributed by atoms with Crippen LogP contribution in [-0.2, 0) is 0 Å². The second-order valence-electron chi connectivity index (χ2n) is 4.39. The van der Waals surface area contributed by atoms with Crippen LogP contribution in [0.25, 0.3) is 0 Å². The van der Waals surface area contributed by atoms with Gasteiger partial charge in [0.05, 0.1) is 5.56 Å². The van der Waals surface area contributed by atoms with E-state index in [9.17, 15) is 9.90 Å². The second-order valence-corrected chi connectivity index (χ2v) is 4.79. The number of benzene rings is 2. The molecule has 0 bridgehead atoms. The van der Waals surface area contributed by atoms with Gasteiger partial charge in [0, 0.05) is 10.7 Å². The highest BCUT2D eigenvalue weighted by molar-refractivity contribution is 6.31. The largest absolute Gasteiger partial charge is 0.507 e. The van der Waals surface area contributed by atoms with Crippen LogP contribution in [0.3, 0.4) is 0 Å². The zero-order chi connectivity index (χ0) is 14.0. The highest BCUT2D eigenvalue weighted by Crippen LogP contribution is 2.23. The van der Waals surface area contributed by atoms with E-state index in [1.807, 2.05) is 6.92 Å². The smallest absolute Gasteiger partial charge is 0.259 e. The van der Waals surface area contributed by atoms with Gasteiger partial charge in [-0.1, -0.05) is 23.7 Å². The molecular formula is C15H14ClNO2. The number of rotatable bonds is 2. The van der Waals surface area contributed by atoms with Crippen LogP contribution in [0.4, 0.5) is 5.69 Å². The molecule has 0 radical (unpaired) electrons. The number of hydrogen-bond acceptors (Lipinski definition) is 2. The SMILES string of the molecule is Cc1cc(NC(=O)c2c(C)cccc2O)ccc1Cl. The zero-order valence-corrected chi connectivity index (χ0v) is 11.5. The van der Waals surface area contributed by atoms with Crippen LogP contribution in [0.5, 0.6) is 5.75 Å². The molecule has 0 saturated carbocycles. The van der Waals surface area contributed by atoms with Crippen molar-refractivity contribution < 1.29 is 9.90 Å². The molecule has 0 atom stereocenters. The van der Waals surface area contributed by atoms with Crippen molar-refractivity contribution in [3.8, 4) is 5.75 Å². The molecule has 0 unspecified atom stereocenters. The van der Waals surface area contributed by atoms with Gasteiger partial charge in [-0.05, 0) is 49.2 Å². The van der Waals surface area contributed by atoms with Crippen molar-refractivity contribution >= 4 is 23.2 Å². The summed E-state index contributed by atoms with van der Waals surface area (Å²) in [5.41, 5.74) is 2.54. The van der Waals surface area contributed by atoms with Crippen molar-refractivity contribution in [3.05, 3.63) is 58.1 Å². The summed E-state index contributed by atoms with van der Waals surface area (Å²) in [6.07, 6.45) is 0. The van der Waals surface area contributed by atoms with E-state index in [0.717, 1.165) is 11.1 Å². The molecule has 2 rings (SSSR count). The Labute approximate surface area is 116 Å². The zero-order valence-electron chi connectivity index (χ0n) is 10.7. The third-order valence-electron chi connectivity index (χ3n) is 2.89. The molecule has 3 nitrogen and oxygen atoms in total. The predicted octanol–water partition coefficient (Wildman–Crippen LogP) is 3.91. The Morgan fingerprint density at radius 1 is 1.16 bits per heavy atom. The van der Waals surface area contributed by atoms with Crippen LogP contribution in [0.1, 0.15) is 21.5 Å². The Balaban J connectivity index is 2.28. The first-order chi connectivity index (χ1) is 8.99. The highest BCUT2D eigenvalue weighted by atomic mass is 35.5. The molecule has 2 N–H and O–H groups in total. The molecule has 4 heteroatoms. The van der Waals surface area contributed by atoms with Gasteiger partial charge in [0.25, 0.3) is 5.91 Å². The molecular weight excluding hydrogens is 262 g/mol. The Morgan fingerprint density at radius 2 is 1.89 bits per heavy atom. The number of anilines is 1. The maximum absolute atomic E-state index is 12.1. The van der Waals surface area contributed by atoms with Gasteiger partial charge in [0.15, 0.2) is 0 Å². The number of hydrogen-bond donors (Lipinski definition) is 2. The molecule has 19 heavy (non-hydrogen) atoms. The minimum absolute atomic E-state index is 0.0248. The summed E-state index contributed by atoms with van der Waals surface area (Å²) in [6.45, 7) is 3.64. The number of carbonyl (C=O) groups is 1. The van der Waals surface area contributed by atoms with Crippen LogP contribution in [0.15, 0.2) is 36.4 Å². The number of aryl methyl sites for hydroxylation is 2. The lowest BCUT2D eigenvalue weighted by molar-refractivity contribution is 0.102. The standard InChI is InChI=1S/C15H14ClNO2/c1-9-4-3-5-13(18)14(9)15(19)17-11-6-7-12(16)10(2)8-11/h3-8,18H,1-2H3,(H,17,19). The molecule has 0 heterocycles. The van der Waals surface area contributed by atoms with E-state index < -0.39 is 0 Å². The summed E-state index contributed by atoms with van der Waals surface area (Å²) in [6, 6.07) is 10.2. The van der Waals surface area contributed by atoms with Crippen molar-refractivity contribution in [1.29, 1.82) is 0 Å². The molecule has 0 spiro atoms. The van der Waals surface area contributed by atoms with Crippen molar-refractivity contribution in [1.82, 2.24) is 0 Å². The predicted molar refractivity (Wildman–Crippen MR) is 77.0 cm³/mol. The van der Waals surface area contributed by atoms with E-state index in [0.29, 0.717) is 10.7 Å². The Bertz CT molecular complexity index is 618. The molecule has 0 aliphatic rings. The van der Waals surface area contributed by atoms with Crippen LogP contribution in [0, 0.1) is 13.8 Å². The van der Waals surface area contributed by atoms with Gasteiger partial charge in [-0.15, -0.1) is 0 Å². The Morgan fingerprint density at radius 3 is 2.53 bits per heavy atom. The fourth-order valence-corrected chi connectivity index (χ4v) is 1.98. The lowest BCUT2D eigenvalue weighted by atomic mass is 10.1. The lowest BCUT2D eigenvalue weighted by Crippen LogP contribution is -2.13. The van der Waals surface area contributed by atoms with Gasteiger partial charge in [-0.2, -0.15) is 0 Å². The molecule has 0 aliphatic heterocycles. The van der Waals surface area contributed by atoms with E-state index in [-0.39, 0.29) is 17.2 Å². The van der Waals surface area contributed by atoms with E-state index in [1.165, 1.54) is 6.07 Å². The summed E-state index contributed by atoms with van der Waals surface area (Å²) in [7, 11) is 0. The van der Waals surface area contributed by atoms with Crippen molar-refractivity contribution in [2.75, 3.05) is 5.32 Å². The van der Waals surface area contributed by atoms with Crippen molar-refractivity contribution in [2.45, 2.75) is 13.8 Å². The minimum Gasteiger partial charge on any atom is -0.507 e. The van der Waals surface area contributed by atoms with E-state index >= 15 is 0 Å². The molecule has 0 saturated heterocycles. The molecule has 0 aliphatic carbocycles. The van der Waals surface area contributed by atoms with Gasteiger partial charge >= 0.3 is 0 Å². The van der Waals surface area contributed by atoms with Crippen LogP contribution < -0.4 is 5.32 Å². The Kier molecular flexibility index (Phi) is 3.76. The average Bonchev–Trinajstić information content (AvgIpc) is 2.33. The molecule has 0 aromatic heterocycles. The van der Waals surface area contributed by atoms with Gasteiger partial charge < -0.3 is 10.4 Å². The molecule has 0 fully saturated rings. The molecule has 2 aromatic carbocycles. The number of amides is 1. The topological polar surface area (TPSA) is 49.3 Å². The van der Waals surface area contributed by atoms with Crippen LogP contribution in [0.2, 0.25) is 5.02 Å². The molecule has 98 valence electrons. The van der Waals surface area contributed by atoms with Crippen LogP contribution in [-0.4, -0.2) is 11.0 Å². The first kappa shape index (κ1) is 13.4. The number of halogens is 1. The summed E-state index contributed by atoms with van der Waals surface area (Å²) in [5.74, 6) is -0.361. The summed E-state index contributed by atoms with van der Waals surface area (Å²) in [5, 5.41) is 13.2. The quantitative estimate of drug-likeness (QED) is 0.873. The van der Waals surface area contributed by atoms with E-state index in [1.54, 1.807) is 37.3 Å². The van der Waals surface area contributed by atoms with Gasteiger partial charge in [-0.25, -0.2) is 0 Å². The monoisotopic (exact) mass is 275 g/mol. The van der Waals surface area contributed by atoms with E-state index in [4.69, 9.17) is 11.6 Å². The Hall–Kier alpha value is -2.00. The molecule has 2 aromatic rings. The second kappa shape index (κ2) is 5.33. The highest BCUT2D eigenvalue weighted by Gasteiger charge is 2.14. The van der Waals surface area contributed by atoms with Gasteiger partial charge in [0.1, 0.15) is 5.75 Å². The first-order valence-corrected chi connectivity index (χ1v) is 6.23. The number of aromatic hydroxyl groups is 1. The number of carbonyl (C=O) groups excluding carboxylic acids is 1. The summed E-state index contributed by atoms with van der Waals surface area (Å²) >= 11 is 5.93. The number of nitrogens with one attached hydrogen (secondary N) is 1. The normalized spacial score (nSPS) is 10.3. The summed E-state index contributed by atoms with van der Waals surface area (Å²) < 4.78 is 0. The molecule has 1 amide bonds. The summed E-state index contributed by atoms with van der Waals surface area (Å²) in [4.78, 5) is 12.1. The van der Waals surface area contributed by atoms with Crippen molar-refractivity contribution in [2.24, 2.45) is 0 Å². The number of phenolic OH excluding ortho intramolecular Hbond substituents is 1. The number of phenols is 1. The third-order valence-corrected chi connectivity index (χ3v) is 3.32. The fourth-order valence-electron chi connectivity index (χ4n) is 1.86. The van der Waals surface area contributed by atoms with Gasteiger partial charge in [-0.3, -0.25) is 4.79 Å².